The van der Waals surface area contributed by atoms with Crippen molar-refractivity contribution in [3.63, 3.8) is 0 Å². The summed E-state index contributed by atoms with van der Waals surface area (Å²) in [6, 6.07) is 0. The fraction of sp³-hybridized carbons (Fsp3) is 0.750. The van der Waals surface area contributed by atoms with Crippen LogP contribution in [0.25, 0.3) is 0 Å². The first-order valence-electron chi connectivity index (χ1n) is 4.56. The predicted octanol–water partition coefficient (Wildman–Crippen LogP) is 0.338. The lowest BCUT2D eigenvalue weighted by atomic mass is 10.4. The zero-order valence-electron chi connectivity index (χ0n) is 9.61. The molecule has 0 bridgehead atoms. The average molecular weight is 257 g/mol. The highest BCUT2D eigenvalue weighted by Gasteiger charge is 2.33. The molecule has 0 aliphatic carbocycles. The number of carbonyl (C=O) groups is 2. The van der Waals surface area contributed by atoms with Gasteiger partial charge in [-0.05, 0) is 6.92 Å². The van der Waals surface area contributed by atoms with E-state index in [0.717, 1.165) is 14.1 Å². The molecule has 0 aliphatic rings. The van der Waals surface area contributed by atoms with Gasteiger partial charge in [0.15, 0.2) is 6.10 Å². The monoisotopic (exact) mass is 257 g/mol. The Bertz CT molecular complexity index is 295. The van der Waals surface area contributed by atoms with Crippen molar-refractivity contribution < 1.29 is 27.5 Å². The van der Waals surface area contributed by atoms with Crippen molar-refractivity contribution in [1.29, 1.82) is 0 Å². The van der Waals surface area contributed by atoms with Crippen LogP contribution in [0.15, 0.2) is 0 Å². The number of hydrazine groups is 1. The molecule has 2 N–H and O–H groups in total. The minimum Gasteiger partial charge on any atom is -0.437 e. The SMILES string of the molecule is C[C@@H](OC(N)=O)C(=O)N(C)N(C)CC(F)(F)F. The smallest absolute Gasteiger partial charge is 0.405 e. The molecule has 9 heteroatoms. The highest BCUT2D eigenvalue weighted by Crippen LogP contribution is 2.16. The summed E-state index contributed by atoms with van der Waals surface area (Å²) in [6.45, 7) is -0.0798. The minimum atomic E-state index is -4.43. The summed E-state index contributed by atoms with van der Waals surface area (Å²) in [5.41, 5.74) is 4.68. The van der Waals surface area contributed by atoms with E-state index >= 15 is 0 Å². The normalized spacial score (nSPS) is 13.4. The van der Waals surface area contributed by atoms with Crippen LogP contribution in [-0.4, -0.2) is 54.9 Å². The second kappa shape index (κ2) is 5.71. The van der Waals surface area contributed by atoms with Crippen molar-refractivity contribution in [2.75, 3.05) is 20.6 Å². The number of halogens is 3. The molecule has 0 fully saturated rings. The van der Waals surface area contributed by atoms with Crippen molar-refractivity contribution in [2.45, 2.75) is 19.2 Å². The van der Waals surface area contributed by atoms with Gasteiger partial charge in [-0.25, -0.2) is 9.80 Å². The first kappa shape index (κ1) is 15.5. The highest BCUT2D eigenvalue weighted by molar-refractivity contribution is 5.82. The maximum absolute atomic E-state index is 12.1. The molecule has 0 saturated heterocycles. The summed E-state index contributed by atoms with van der Waals surface area (Å²) < 4.78 is 40.5. The van der Waals surface area contributed by atoms with Crippen LogP contribution in [0.4, 0.5) is 18.0 Å². The molecule has 6 nitrogen and oxygen atoms in total. The number of nitrogens with two attached hydrogens (primary N) is 1. The molecule has 0 unspecified atom stereocenters. The summed E-state index contributed by atoms with van der Waals surface area (Å²) in [5.74, 6) is -0.810. The lowest BCUT2D eigenvalue weighted by Crippen LogP contribution is -2.49. The third-order valence-electron chi connectivity index (χ3n) is 1.88. The fourth-order valence-electron chi connectivity index (χ4n) is 1.02. The number of alkyl halides is 3. The first-order valence-corrected chi connectivity index (χ1v) is 4.56. The third-order valence-corrected chi connectivity index (χ3v) is 1.88. The van der Waals surface area contributed by atoms with Crippen LogP contribution in [0.5, 0.6) is 0 Å². The summed E-state index contributed by atoms with van der Waals surface area (Å²) in [7, 11) is 2.22. The van der Waals surface area contributed by atoms with Crippen LogP contribution in [0.3, 0.4) is 0 Å². The number of rotatable bonds is 4. The van der Waals surface area contributed by atoms with Crippen molar-refractivity contribution in [1.82, 2.24) is 10.0 Å². The standard InChI is InChI=1S/C8H14F3N3O3/c1-5(17-7(12)16)6(15)14(3)13(2)4-8(9,10)11/h5H,4H2,1-3H3,(H2,12,16)/t5-/m1/s1. The molecule has 0 radical (unpaired) electrons. The van der Waals surface area contributed by atoms with Crippen LogP contribution < -0.4 is 5.73 Å². The molecule has 1 atom stereocenters. The molecule has 0 aliphatic heterocycles. The van der Waals surface area contributed by atoms with E-state index in [2.05, 4.69) is 10.5 Å². The van der Waals surface area contributed by atoms with Crippen LogP contribution in [-0.2, 0) is 9.53 Å². The molecule has 17 heavy (non-hydrogen) atoms. The van der Waals surface area contributed by atoms with Gasteiger partial charge < -0.3 is 10.5 Å². The largest absolute Gasteiger partial charge is 0.437 e. The van der Waals surface area contributed by atoms with E-state index in [0.29, 0.717) is 10.0 Å². The Morgan fingerprint density at radius 3 is 2.18 bits per heavy atom. The molecular weight excluding hydrogens is 243 g/mol. The number of primary amides is 1. The summed E-state index contributed by atoms with van der Waals surface area (Å²) in [4.78, 5) is 21.9. The lowest BCUT2D eigenvalue weighted by Gasteiger charge is -2.30. The highest BCUT2D eigenvalue weighted by atomic mass is 19.4. The topological polar surface area (TPSA) is 75.9 Å². The third kappa shape index (κ3) is 5.95. The predicted molar refractivity (Wildman–Crippen MR) is 51.6 cm³/mol. The van der Waals surface area contributed by atoms with E-state index in [1.807, 2.05) is 0 Å². The zero-order chi connectivity index (χ0) is 13.8. The molecule has 0 heterocycles. The maximum atomic E-state index is 12.1. The second-order valence-electron chi connectivity index (χ2n) is 3.37. The van der Waals surface area contributed by atoms with E-state index in [1.54, 1.807) is 0 Å². The van der Waals surface area contributed by atoms with Gasteiger partial charge in [0.25, 0.3) is 5.91 Å². The van der Waals surface area contributed by atoms with Gasteiger partial charge in [0.1, 0.15) is 6.54 Å². The van der Waals surface area contributed by atoms with Crippen LogP contribution in [0.2, 0.25) is 0 Å². The van der Waals surface area contributed by atoms with Crippen molar-refractivity contribution in [3.05, 3.63) is 0 Å². The Morgan fingerprint density at radius 1 is 1.35 bits per heavy atom. The van der Waals surface area contributed by atoms with Gasteiger partial charge in [-0.2, -0.15) is 13.2 Å². The summed E-state index contributed by atoms with van der Waals surface area (Å²) in [5, 5.41) is 1.37. The second-order valence-corrected chi connectivity index (χ2v) is 3.37. The van der Waals surface area contributed by atoms with Crippen molar-refractivity contribution in [2.24, 2.45) is 5.73 Å². The van der Waals surface area contributed by atoms with Gasteiger partial charge in [-0.1, -0.05) is 0 Å². The molecule has 0 aromatic carbocycles. The molecule has 100 valence electrons. The molecule has 0 spiro atoms. The summed E-state index contributed by atoms with van der Waals surface area (Å²) >= 11 is 0. The quantitative estimate of drug-likeness (QED) is 0.737. The molecule has 0 aromatic rings. The Morgan fingerprint density at radius 2 is 1.82 bits per heavy atom. The summed E-state index contributed by atoms with van der Waals surface area (Å²) in [6.07, 6.45) is -6.84. The Hall–Kier alpha value is -1.51. The Balaban J connectivity index is 4.43. The van der Waals surface area contributed by atoms with Crippen molar-refractivity contribution in [3.8, 4) is 0 Å². The first-order chi connectivity index (χ1) is 7.54. The Kier molecular flexibility index (Phi) is 5.20. The molecule has 0 aromatic heterocycles. The van der Waals surface area contributed by atoms with Crippen LogP contribution in [0.1, 0.15) is 6.92 Å². The molecule has 0 rings (SSSR count). The van der Waals surface area contributed by atoms with E-state index in [1.165, 1.54) is 6.92 Å². The van der Waals surface area contributed by atoms with E-state index in [4.69, 9.17) is 0 Å². The average Bonchev–Trinajstić information content (AvgIpc) is 2.11. The van der Waals surface area contributed by atoms with Crippen LogP contribution in [0, 0.1) is 0 Å². The molecule has 2 amide bonds. The molecule has 0 saturated carbocycles. The number of hydrogen-bond donors (Lipinski definition) is 1. The van der Waals surface area contributed by atoms with Gasteiger partial charge >= 0.3 is 12.3 Å². The van der Waals surface area contributed by atoms with Gasteiger partial charge in [0.05, 0.1) is 0 Å². The van der Waals surface area contributed by atoms with E-state index < -0.39 is 30.8 Å². The maximum Gasteiger partial charge on any atom is 0.405 e. The Labute approximate surface area is 96.1 Å². The number of carbonyl (C=O) groups excluding carboxylic acids is 2. The minimum absolute atomic E-state index is 0.656. The molecular formula is C8H14F3N3O3. The number of nitrogens with zero attached hydrogens (tertiary/aromatic N) is 2. The van der Waals surface area contributed by atoms with Gasteiger partial charge in [-0.15, -0.1) is 0 Å². The zero-order valence-corrected chi connectivity index (χ0v) is 9.61. The van der Waals surface area contributed by atoms with Crippen molar-refractivity contribution >= 4 is 12.0 Å². The van der Waals surface area contributed by atoms with Gasteiger partial charge in [0, 0.05) is 14.1 Å². The van der Waals surface area contributed by atoms with Gasteiger partial charge in [-0.3, -0.25) is 9.80 Å². The lowest BCUT2D eigenvalue weighted by molar-refractivity contribution is -0.182. The van der Waals surface area contributed by atoms with Gasteiger partial charge in [0.2, 0.25) is 0 Å². The number of likely N-dealkylation sites (N-methyl/N-ethyl adjacent to an activating group) is 1. The van der Waals surface area contributed by atoms with E-state index in [-0.39, 0.29) is 0 Å². The number of ether oxygens (including phenoxy) is 1. The fourth-order valence-corrected chi connectivity index (χ4v) is 1.02. The van der Waals surface area contributed by atoms with E-state index in [9.17, 15) is 22.8 Å². The van der Waals surface area contributed by atoms with Crippen LogP contribution >= 0.6 is 0 Å². The number of hydrogen-bond acceptors (Lipinski definition) is 4. The number of amides is 2.